The highest BCUT2D eigenvalue weighted by molar-refractivity contribution is 7.13. The van der Waals surface area contributed by atoms with Gasteiger partial charge in [-0.25, -0.2) is 9.18 Å². The second-order valence-corrected chi connectivity index (χ2v) is 7.17. The van der Waals surface area contributed by atoms with Gasteiger partial charge in [-0.05, 0) is 17.7 Å². The average Bonchev–Trinajstić information content (AvgIpc) is 3.22. The standard InChI is InChI=1S/C18H14FN5O6S/c1-30-18(27)11-6-13(24(28)29)17(26)23(8-11)9-14-21-22-16(31-14)15(25)20-7-10-2-4-12(19)5-3-10/h2-6,8H,7,9H2,1H3,(H,20,25). The van der Waals surface area contributed by atoms with E-state index < -0.39 is 33.9 Å². The van der Waals surface area contributed by atoms with Crippen LogP contribution in [0.5, 0.6) is 0 Å². The Kier molecular flexibility index (Phi) is 6.45. The van der Waals surface area contributed by atoms with E-state index in [-0.39, 0.29) is 28.7 Å². The van der Waals surface area contributed by atoms with Crippen LogP contribution in [0.3, 0.4) is 0 Å². The highest BCUT2D eigenvalue weighted by Crippen LogP contribution is 2.14. The number of halogens is 1. The van der Waals surface area contributed by atoms with Gasteiger partial charge in [-0.15, -0.1) is 10.2 Å². The highest BCUT2D eigenvalue weighted by Gasteiger charge is 2.21. The molecule has 0 radical (unpaired) electrons. The molecule has 0 aliphatic carbocycles. The predicted molar refractivity (Wildman–Crippen MR) is 105 cm³/mol. The topological polar surface area (TPSA) is 146 Å². The maximum Gasteiger partial charge on any atom is 0.339 e. The minimum Gasteiger partial charge on any atom is -0.465 e. The first kappa shape index (κ1) is 21.7. The van der Waals surface area contributed by atoms with E-state index in [1.165, 1.54) is 24.3 Å². The highest BCUT2D eigenvalue weighted by atomic mass is 32.1. The molecule has 0 saturated carbocycles. The van der Waals surface area contributed by atoms with E-state index in [2.05, 4.69) is 20.3 Å². The van der Waals surface area contributed by atoms with E-state index in [4.69, 9.17) is 0 Å². The fourth-order valence-corrected chi connectivity index (χ4v) is 3.27. The molecule has 1 aromatic carbocycles. The van der Waals surface area contributed by atoms with Gasteiger partial charge in [0.15, 0.2) is 0 Å². The fourth-order valence-electron chi connectivity index (χ4n) is 2.51. The summed E-state index contributed by atoms with van der Waals surface area (Å²) in [4.78, 5) is 46.5. The molecule has 0 saturated heterocycles. The zero-order valence-corrected chi connectivity index (χ0v) is 16.7. The van der Waals surface area contributed by atoms with Crippen molar-refractivity contribution in [2.24, 2.45) is 0 Å². The Bertz CT molecular complexity index is 1210. The second-order valence-electron chi connectivity index (χ2n) is 6.11. The number of rotatable bonds is 7. The maximum absolute atomic E-state index is 12.9. The summed E-state index contributed by atoms with van der Waals surface area (Å²) in [6, 6.07) is 6.41. The Hall–Kier alpha value is -4.00. The molecule has 11 nitrogen and oxygen atoms in total. The molecule has 2 heterocycles. The van der Waals surface area contributed by atoms with Gasteiger partial charge in [0.2, 0.25) is 5.01 Å². The van der Waals surface area contributed by atoms with Crippen LogP contribution < -0.4 is 10.9 Å². The SMILES string of the molecule is COC(=O)c1cc([N+](=O)[O-])c(=O)n(Cc2nnc(C(=O)NCc3ccc(F)cc3)s2)c1. The molecule has 3 rings (SSSR count). The monoisotopic (exact) mass is 447 g/mol. The second kappa shape index (κ2) is 9.21. The molecule has 3 aromatic rings. The number of benzene rings is 1. The molecular weight excluding hydrogens is 433 g/mol. The van der Waals surface area contributed by atoms with Gasteiger partial charge in [-0.3, -0.25) is 19.7 Å². The molecule has 0 aliphatic rings. The van der Waals surface area contributed by atoms with Gasteiger partial charge >= 0.3 is 17.2 Å². The molecule has 2 aromatic heterocycles. The number of hydrogen-bond donors (Lipinski definition) is 1. The number of pyridine rings is 1. The summed E-state index contributed by atoms with van der Waals surface area (Å²) in [7, 11) is 1.10. The minimum atomic E-state index is -0.949. The zero-order valence-electron chi connectivity index (χ0n) is 15.9. The van der Waals surface area contributed by atoms with Crippen molar-refractivity contribution < 1.29 is 23.6 Å². The van der Waals surface area contributed by atoms with Crippen molar-refractivity contribution in [2.45, 2.75) is 13.1 Å². The first-order valence-corrected chi connectivity index (χ1v) is 9.42. The number of carbonyl (C=O) groups excluding carboxylic acids is 2. The van der Waals surface area contributed by atoms with Gasteiger partial charge in [0.05, 0.1) is 24.1 Å². The van der Waals surface area contributed by atoms with Gasteiger partial charge in [0.1, 0.15) is 10.8 Å². The van der Waals surface area contributed by atoms with Crippen LogP contribution in [-0.2, 0) is 17.8 Å². The minimum absolute atomic E-state index is 0.00350. The smallest absolute Gasteiger partial charge is 0.339 e. The van der Waals surface area contributed by atoms with Crippen LogP contribution in [0.4, 0.5) is 10.1 Å². The molecule has 0 bridgehead atoms. The molecule has 0 atom stereocenters. The zero-order chi connectivity index (χ0) is 22.5. The number of nitro groups is 1. The van der Waals surface area contributed by atoms with E-state index in [9.17, 15) is 28.9 Å². The van der Waals surface area contributed by atoms with Crippen molar-refractivity contribution in [3.8, 4) is 0 Å². The summed E-state index contributed by atoms with van der Waals surface area (Å²) in [5.74, 6) is -1.78. The quantitative estimate of drug-likeness (QED) is 0.326. The van der Waals surface area contributed by atoms with Crippen molar-refractivity contribution in [1.29, 1.82) is 0 Å². The summed E-state index contributed by atoms with van der Waals surface area (Å²) in [5, 5.41) is 21.5. The molecule has 1 N–H and O–H groups in total. The lowest BCUT2D eigenvalue weighted by Crippen LogP contribution is -2.24. The van der Waals surface area contributed by atoms with Crippen LogP contribution in [0.15, 0.2) is 41.3 Å². The lowest BCUT2D eigenvalue weighted by molar-refractivity contribution is -0.386. The van der Waals surface area contributed by atoms with Crippen LogP contribution in [0.25, 0.3) is 0 Å². The van der Waals surface area contributed by atoms with Crippen LogP contribution in [0.2, 0.25) is 0 Å². The maximum atomic E-state index is 12.9. The molecule has 0 unspecified atom stereocenters. The summed E-state index contributed by atoms with van der Waals surface area (Å²) in [5.41, 5.74) is -1.26. The predicted octanol–water partition coefficient (Wildman–Crippen LogP) is 1.51. The summed E-state index contributed by atoms with van der Waals surface area (Å²) in [6.45, 7) is -0.103. The molecule has 0 spiro atoms. The number of carbonyl (C=O) groups is 2. The summed E-state index contributed by atoms with van der Waals surface area (Å²) >= 11 is 0.876. The van der Waals surface area contributed by atoms with Crippen molar-refractivity contribution in [3.05, 3.63) is 84.0 Å². The van der Waals surface area contributed by atoms with Gasteiger partial charge in [-0.2, -0.15) is 0 Å². The molecule has 13 heteroatoms. The van der Waals surface area contributed by atoms with Crippen LogP contribution >= 0.6 is 11.3 Å². The Morgan fingerprint density at radius 1 is 1.29 bits per heavy atom. The number of nitrogens with zero attached hydrogens (tertiary/aromatic N) is 4. The molecule has 0 aliphatic heterocycles. The Labute approximate surface area is 177 Å². The van der Waals surface area contributed by atoms with Gasteiger partial charge in [0.25, 0.3) is 5.91 Å². The Balaban J connectivity index is 1.77. The first-order valence-electron chi connectivity index (χ1n) is 8.60. The van der Waals surface area contributed by atoms with Crippen LogP contribution in [0, 0.1) is 15.9 Å². The number of nitrogens with one attached hydrogen (secondary N) is 1. The number of esters is 1. The van der Waals surface area contributed by atoms with Gasteiger partial charge in [-0.1, -0.05) is 23.5 Å². The van der Waals surface area contributed by atoms with E-state index in [1.807, 2.05) is 0 Å². The normalized spacial score (nSPS) is 10.5. The summed E-state index contributed by atoms with van der Waals surface area (Å²) < 4.78 is 18.4. The third kappa shape index (κ3) is 5.14. The van der Waals surface area contributed by atoms with Crippen LogP contribution in [-0.4, -0.2) is 38.7 Å². The average molecular weight is 447 g/mol. The molecule has 0 fully saturated rings. The summed E-state index contributed by atoms with van der Waals surface area (Å²) in [6.07, 6.45) is 1.11. The lowest BCUT2D eigenvalue weighted by Gasteiger charge is -2.06. The number of methoxy groups -OCH3 is 1. The first-order chi connectivity index (χ1) is 14.8. The van der Waals surface area contributed by atoms with Crippen molar-refractivity contribution in [1.82, 2.24) is 20.1 Å². The van der Waals surface area contributed by atoms with Crippen LogP contribution in [0.1, 0.15) is 30.7 Å². The van der Waals surface area contributed by atoms with Crippen molar-refractivity contribution >= 4 is 28.9 Å². The molecule has 31 heavy (non-hydrogen) atoms. The third-order valence-corrected chi connectivity index (χ3v) is 4.92. The van der Waals surface area contributed by atoms with E-state index in [0.29, 0.717) is 5.56 Å². The number of hydrogen-bond acceptors (Lipinski definition) is 9. The van der Waals surface area contributed by atoms with Crippen molar-refractivity contribution in [3.63, 3.8) is 0 Å². The van der Waals surface area contributed by atoms with E-state index in [0.717, 1.165) is 35.3 Å². The Morgan fingerprint density at radius 3 is 2.65 bits per heavy atom. The van der Waals surface area contributed by atoms with Crippen molar-refractivity contribution in [2.75, 3.05) is 7.11 Å². The van der Waals surface area contributed by atoms with E-state index >= 15 is 0 Å². The van der Waals surface area contributed by atoms with Gasteiger partial charge < -0.3 is 14.6 Å². The molecule has 160 valence electrons. The molecule has 1 amide bonds. The number of aromatic nitrogens is 3. The largest absolute Gasteiger partial charge is 0.465 e. The lowest BCUT2D eigenvalue weighted by atomic mass is 10.2. The number of amides is 1. The van der Waals surface area contributed by atoms with E-state index in [1.54, 1.807) is 0 Å². The van der Waals surface area contributed by atoms with Gasteiger partial charge in [0, 0.05) is 18.8 Å². The fraction of sp³-hybridized carbons (Fsp3) is 0.167. The molecular formula is C18H14FN5O6S. The number of ether oxygens (including phenoxy) is 1. The third-order valence-electron chi connectivity index (χ3n) is 4.02. The Morgan fingerprint density at radius 2 is 2.00 bits per heavy atom.